The van der Waals surface area contributed by atoms with Crippen LogP contribution in [0, 0.1) is 0 Å². The van der Waals surface area contributed by atoms with Crippen molar-refractivity contribution < 1.29 is 4.79 Å². The van der Waals surface area contributed by atoms with E-state index >= 15 is 0 Å². The predicted molar refractivity (Wildman–Crippen MR) is 70.8 cm³/mol. The summed E-state index contributed by atoms with van der Waals surface area (Å²) in [6, 6.07) is 0. The molecule has 1 amide bonds. The molecule has 3 N–H and O–H groups in total. The summed E-state index contributed by atoms with van der Waals surface area (Å²) in [7, 11) is 0. The molecule has 2 rings (SSSR count). The van der Waals surface area contributed by atoms with Gasteiger partial charge >= 0.3 is 0 Å². The van der Waals surface area contributed by atoms with E-state index in [1.165, 1.54) is 0 Å². The Morgan fingerprint density at radius 1 is 1.53 bits per heavy atom. The highest BCUT2D eigenvalue weighted by atomic mass is 79.9. The molecule has 1 saturated heterocycles. The molecule has 1 aromatic rings. The zero-order valence-corrected chi connectivity index (χ0v) is 11.4. The number of rotatable bonds is 1. The summed E-state index contributed by atoms with van der Waals surface area (Å²) >= 11 is 3.44. The Labute approximate surface area is 109 Å². The number of aromatic nitrogens is 1. The minimum atomic E-state index is -0.615. The number of carbonyl (C=O) groups excluding carboxylic acids is 1. The molecule has 1 aromatic heterocycles. The van der Waals surface area contributed by atoms with Crippen LogP contribution < -0.4 is 16.0 Å². The maximum absolute atomic E-state index is 11.9. The van der Waals surface area contributed by atoms with Crippen molar-refractivity contribution in [3.8, 4) is 0 Å². The van der Waals surface area contributed by atoms with Crippen molar-refractivity contribution >= 4 is 33.2 Å². The van der Waals surface area contributed by atoms with E-state index in [0.717, 1.165) is 16.7 Å². The third kappa shape index (κ3) is 1.97. The average Bonchev–Trinajstić information content (AvgIpc) is 2.24. The van der Waals surface area contributed by atoms with Crippen molar-refractivity contribution in [1.29, 1.82) is 0 Å². The van der Waals surface area contributed by atoms with Gasteiger partial charge in [-0.3, -0.25) is 9.78 Å². The van der Waals surface area contributed by atoms with E-state index in [0.29, 0.717) is 12.2 Å². The van der Waals surface area contributed by atoms with Gasteiger partial charge in [0.2, 0.25) is 5.91 Å². The molecule has 0 unspecified atom stereocenters. The van der Waals surface area contributed by atoms with Gasteiger partial charge in [0, 0.05) is 19.3 Å². The number of nitrogens with one attached hydrogen (secondary N) is 1. The number of nitrogens with two attached hydrogens (primary N) is 1. The maximum atomic E-state index is 11.9. The van der Waals surface area contributed by atoms with Crippen LogP contribution in [-0.4, -0.2) is 29.5 Å². The minimum Gasteiger partial charge on any atom is -0.396 e. The molecular formula is C11H15BrN4O. The Morgan fingerprint density at radius 2 is 2.24 bits per heavy atom. The number of piperazine rings is 1. The van der Waals surface area contributed by atoms with Crippen molar-refractivity contribution in [3.05, 3.63) is 16.9 Å². The summed E-state index contributed by atoms with van der Waals surface area (Å²) in [4.78, 5) is 17.9. The summed E-state index contributed by atoms with van der Waals surface area (Å²) in [5, 5.41) is 2.86. The van der Waals surface area contributed by atoms with E-state index in [9.17, 15) is 4.79 Å². The number of hydrogen-bond donors (Lipinski definition) is 2. The normalized spacial score (nSPS) is 19.0. The van der Waals surface area contributed by atoms with Gasteiger partial charge in [-0.05, 0) is 29.8 Å². The Hall–Kier alpha value is -1.30. The summed E-state index contributed by atoms with van der Waals surface area (Å²) < 4.78 is 0.806. The van der Waals surface area contributed by atoms with Gasteiger partial charge in [0.15, 0.2) is 0 Å². The van der Waals surface area contributed by atoms with Gasteiger partial charge in [-0.25, -0.2) is 0 Å². The van der Waals surface area contributed by atoms with Gasteiger partial charge in [-0.15, -0.1) is 0 Å². The van der Waals surface area contributed by atoms with Crippen LogP contribution in [0.15, 0.2) is 16.9 Å². The fraction of sp³-hybridized carbons (Fsp3) is 0.455. The predicted octanol–water partition coefficient (Wildman–Crippen LogP) is 1.14. The number of nitrogens with zero attached hydrogens (tertiary/aromatic N) is 2. The molecule has 0 radical (unpaired) electrons. The lowest BCUT2D eigenvalue weighted by atomic mass is 9.98. The van der Waals surface area contributed by atoms with E-state index in [4.69, 9.17) is 5.73 Å². The second-order valence-corrected chi connectivity index (χ2v) is 5.38. The SMILES string of the molecule is CC1(C)C(=O)NCCN1c1c(N)cncc1Br. The first-order chi connectivity index (χ1) is 7.94. The van der Waals surface area contributed by atoms with E-state index in [-0.39, 0.29) is 5.91 Å². The van der Waals surface area contributed by atoms with E-state index in [1.54, 1.807) is 12.4 Å². The van der Waals surface area contributed by atoms with Crippen LogP contribution in [0.25, 0.3) is 0 Å². The first kappa shape index (κ1) is 12.2. The molecule has 92 valence electrons. The monoisotopic (exact) mass is 298 g/mol. The molecule has 5 nitrogen and oxygen atoms in total. The van der Waals surface area contributed by atoms with E-state index in [2.05, 4.69) is 26.2 Å². The average molecular weight is 299 g/mol. The van der Waals surface area contributed by atoms with Gasteiger partial charge < -0.3 is 16.0 Å². The van der Waals surface area contributed by atoms with Crippen molar-refractivity contribution in [1.82, 2.24) is 10.3 Å². The molecule has 1 fully saturated rings. The fourth-order valence-corrected chi connectivity index (χ4v) is 2.58. The fourth-order valence-electron chi connectivity index (χ4n) is 2.02. The third-order valence-corrected chi connectivity index (χ3v) is 3.60. The van der Waals surface area contributed by atoms with Crippen LogP contribution >= 0.6 is 15.9 Å². The van der Waals surface area contributed by atoms with Crippen molar-refractivity contribution in [2.45, 2.75) is 19.4 Å². The zero-order chi connectivity index (χ0) is 12.6. The molecular weight excluding hydrogens is 284 g/mol. The van der Waals surface area contributed by atoms with Gasteiger partial charge in [-0.2, -0.15) is 0 Å². The Balaban J connectivity index is 2.49. The van der Waals surface area contributed by atoms with E-state index in [1.807, 2.05) is 18.7 Å². The number of carbonyl (C=O) groups is 1. The molecule has 0 aromatic carbocycles. The lowest BCUT2D eigenvalue weighted by molar-refractivity contribution is -0.126. The van der Waals surface area contributed by atoms with Crippen LogP contribution in [0.1, 0.15) is 13.8 Å². The zero-order valence-electron chi connectivity index (χ0n) is 9.83. The number of anilines is 2. The summed E-state index contributed by atoms with van der Waals surface area (Å²) in [5.41, 5.74) is 6.74. The summed E-state index contributed by atoms with van der Waals surface area (Å²) in [6.45, 7) is 5.11. The van der Waals surface area contributed by atoms with Gasteiger partial charge in [-0.1, -0.05) is 0 Å². The van der Waals surface area contributed by atoms with Crippen LogP contribution in [0.2, 0.25) is 0 Å². The molecule has 1 aliphatic rings. The number of nitrogen functional groups attached to an aromatic ring is 1. The highest BCUT2D eigenvalue weighted by Gasteiger charge is 2.39. The Morgan fingerprint density at radius 3 is 2.88 bits per heavy atom. The number of pyridine rings is 1. The van der Waals surface area contributed by atoms with Gasteiger partial charge in [0.1, 0.15) is 5.54 Å². The third-order valence-electron chi connectivity index (χ3n) is 3.02. The highest BCUT2D eigenvalue weighted by molar-refractivity contribution is 9.10. The number of halogens is 1. The molecule has 0 bridgehead atoms. The number of hydrogen-bond acceptors (Lipinski definition) is 4. The van der Waals surface area contributed by atoms with Gasteiger partial charge in [0.25, 0.3) is 0 Å². The first-order valence-corrected chi connectivity index (χ1v) is 6.19. The van der Waals surface area contributed by atoms with Crippen molar-refractivity contribution in [2.24, 2.45) is 0 Å². The molecule has 0 saturated carbocycles. The van der Waals surface area contributed by atoms with Crippen LogP contribution in [-0.2, 0) is 4.79 Å². The molecule has 2 heterocycles. The van der Waals surface area contributed by atoms with E-state index < -0.39 is 5.54 Å². The topological polar surface area (TPSA) is 71.2 Å². The largest absolute Gasteiger partial charge is 0.396 e. The van der Waals surface area contributed by atoms with Crippen LogP contribution in [0.5, 0.6) is 0 Å². The van der Waals surface area contributed by atoms with Crippen molar-refractivity contribution in [3.63, 3.8) is 0 Å². The smallest absolute Gasteiger partial charge is 0.245 e. The lowest BCUT2D eigenvalue weighted by Gasteiger charge is -2.43. The summed E-state index contributed by atoms with van der Waals surface area (Å²) in [5.74, 6) is 0.00635. The van der Waals surface area contributed by atoms with Crippen molar-refractivity contribution in [2.75, 3.05) is 23.7 Å². The molecule has 1 aliphatic heterocycles. The van der Waals surface area contributed by atoms with Crippen LogP contribution in [0.3, 0.4) is 0 Å². The molecule has 0 aliphatic carbocycles. The summed E-state index contributed by atoms with van der Waals surface area (Å²) in [6.07, 6.45) is 3.29. The standard InChI is InChI=1S/C11H15BrN4O/c1-11(2)10(17)15-3-4-16(11)9-7(12)5-14-6-8(9)13/h5-6H,3-4,13H2,1-2H3,(H,15,17). The molecule has 0 atom stereocenters. The first-order valence-electron chi connectivity index (χ1n) is 5.39. The van der Waals surface area contributed by atoms with Gasteiger partial charge in [0.05, 0.1) is 22.0 Å². The molecule has 17 heavy (non-hydrogen) atoms. The molecule has 0 spiro atoms. The highest BCUT2D eigenvalue weighted by Crippen LogP contribution is 2.36. The second-order valence-electron chi connectivity index (χ2n) is 4.53. The Kier molecular flexibility index (Phi) is 2.99. The second kappa shape index (κ2) is 4.18. The number of amides is 1. The Bertz CT molecular complexity index is 441. The molecule has 6 heteroatoms. The quantitative estimate of drug-likeness (QED) is 0.816. The van der Waals surface area contributed by atoms with Crippen LogP contribution in [0.4, 0.5) is 11.4 Å². The maximum Gasteiger partial charge on any atom is 0.245 e. The minimum absolute atomic E-state index is 0.00635. The lowest BCUT2D eigenvalue weighted by Crippen LogP contribution is -2.62.